The van der Waals surface area contributed by atoms with Gasteiger partial charge in [0, 0.05) is 11.4 Å². The van der Waals surface area contributed by atoms with E-state index in [1.54, 1.807) is 37.3 Å². The van der Waals surface area contributed by atoms with Crippen LogP contribution in [0.25, 0.3) is 0 Å². The second kappa shape index (κ2) is 10.1. The number of nitrogens with zero attached hydrogens (tertiary/aromatic N) is 1. The number of benzene rings is 3. The van der Waals surface area contributed by atoms with Crippen LogP contribution in [-0.4, -0.2) is 35.0 Å². The van der Waals surface area contributed by atoms with E-state index in [1.807, 2.05) is 26.0 Å². The zero-order chi connectivity index (χ0) is 26.0. The van der Waals surface area contributed by atoms with Crippen molar-refractivity contribution in [3.8, 4) is 0 Å². The van der Waals surface area contributed by atoms with Gasteiger partial charge in [0.25, 0.3) is 10.0 Å². The molecule has 1 atom stereocenters. The Hall–Kier alpha value is -3.37. The summed E-state index contributed by atoms with van der Waals surface area (Å²) in [6.45, 7) is 6.99. The fraction of sp³-hybridized carbons (Fsp3) is 0.240. The predicted molar refractivity (Wildman–Crippen MR) is 140 cm³/mol. The Bertz CT molecular complexity index is 1450. The first-order valence-corrected chi connectivity index (χ1v) is 14.2. The van der Waals surface area contributed by atoms with Crippen molar-refractivity contribution in [3.63, 3.8) is 0 Å². The number of aryl methyl sites for hydroxylation is 3. The zero-order valence-electron chi connectivity index (χ0n) is 20.2. The molecule has 0 radical (unpaired) electrons. The first-order chi connectivity index (χ1) is 16.3. The van der Waals surface area contributed by atoms with Gasteiger partial charge in [-0.05, 0) is 86.8 Å². The number of hydrogen-bond donors (Lipinski definition) is 2. The summed E-state index contributed by atoms with van der Waals surface area (Å²) in [7, 11) is -7.59. The average Bonchev–Trinajstić information content (AvgIpc) is 2.75. The van der Waals surface area contributed by atoms with Gasteiger partial charge in [-0.25, -0.2) is 16.8 Å². The molecule has 3 rings (SSSR count). The maximum Gasteiger partial charge on any atom is 0.261 e. The van der Waals surface area contributed by atoms with Crippen LogP contribution in [0.15, 0.2) is 71.6 Å². The minimum absolute atomic E-state index is 0.0261. The summed E-state index contributed by atoms with van der Waals surface area (Å²) in [6.07, 6.45) is 1.05. The molecule has 0 fully saturated rings. The van der Waals surface area contributed by atoms with Crippen LogP contribution in [0, 0.1) is 20.8 Å². The maximum atomic E-state index is 13.0. The van der Waals surface area contributed by atoms with Crippen molar-refractivity contribution < 1.29 is 21.6 Å². The van der Waals surface area contributed by atoms with E-state index in [9.17, 15) is 21.6 Å². The van der Waals surface area contributed by atoms with E-state index in [-0.39, 0.29) is 4.90 Å². The van der Waals surface area contributed by atoms with E-state index < -0.39 is 32.0 Å². The molecule has 0 bridgehead atoms. The highest BCUT2D eigenvalue weighted by Gasteiger charge is 2.30. The van der Waals surface area contributed by atoms with Crippen LogP contribution in [0.1, 0.15) is 23.6 Å². The molecule has 0 saturated carbocycles. The normalized spacial score (nSPS) is 12.6. The number of hydrogen-bond acceptors (Lipinski definition) is 5. The van der Waals surface area contributed by atoms with Gasteiger partial charge in [-0.3, -0.25) is 13.8 Å². The lowest BCUT2D eigenvalue weighted by Gasteiger charge is -2.29. The van der Waals surface area contributed by atoms with E-state index in [2.05, 4.69) is 10.0 Å². The van der Waals surface area contributed by atoms with Crippen molar-refractivity contribution in [2.75, 3.05) is 20.6 Å². The number of rotatable bonds is 8. The molecule has 0 heterocycles. The maximum absolute atomic E-state index is 13.0. The SMILES string of the molecule is Cc1cccc(NS(=O)(=O)c2ccc(NC(=O)[C@@H](C)N(c3cc(C)ccc3C)S(C)(=O)=O)cc2)c1. The molecule has 3 aromatic rings. The van der Waals surface area contributed by atoms with Gasteiger partial charge in [0.2, 0.25) is 15.9 Å². The summed E-state index contributed by atoms with van der Waals surface area (Å²) in [6, 6.07) is 17.0. The minimum Gasteiger partial charge on any atom is -0.324 e. The standard InChI is InChI=1S/C25H29N3O5S2/c1-17-7-6-8-22(15-17)27-35(32,33)23-13-11-21(12-14-23)26-25(29)20(4)28(34(5,30)31)24-16-18(2)9-10-19(24)3/h6-16,20,27H,1-5H3,(H,26,29)/t20-/m1/s1. The molecule has 2 N–H and O–H groups in total. The van der Waals surface area contributed by atoms with Crippen LogP contribution >= 0.6 is 0 Å². The number of carbonyl (C=O) groups excluding carboxylic acids is 1. The van der Waals surface area contributed by atoms with Gasteiger partial charge in [-0.1, -0.05) is 24.3 Å². The van der Waals surface area contributed by atoms with Gasteiger partial charge in [-0.15, -0.1) is 0 Å². The van der Waals surface area contributed by atoms with E-state index in [0.717, 1.165) is 27.3 Å². The number of nitrogens with one attached hydrogen (secondary N) is 2. The van der Waals surface area contributed by atoms with E-state index in [1.165, 1.54) is 31.2 Å². The monoisotopic (exact) mass is 515 g/mol. The minimum atomic E-state index is -3.82. The van der Waals surface area contributed by atoms with Gasteiger partial charge in [0.1, 0.15) is 6.04 Å². The molecule has 0 spiro atoms. The van der Waals surface area contributed by atoms with Gasteiger partial charge in [-0.2, -0.15) is 0 Å². The van der Waals surface area contributed by atoms with Crippen molar-refractivity contribution >= 4 is 43.0 Å². The van der Waals surface area contributed by atoms with Crippen molar-refractivity contribution in [3.05, 3.63) is 83.4 Å². The Labute approximate surface area is 207 Å². The number of sulfonamides is 2. The highest BCUT2D eigenvalue weighted by atomic mass is 32.2. The molecule has 8 nitrogen and oxygen atoms in total. The van der Waals surface area contributed by atoms with Crippen LogP contribution in [0.5, 0.6) is 0 Å². The summed E-state index contributed by atoms with van der Waals surface area (Å²) in [4.78, 5) is 13.0. The van der Waals surface area contributed by atoms with Crippen LogP contribution in [0.2, 0.25) is 0 Å². The summed E-state index contributed by atoms with van der Waals surface area (Å²) in [5.74, 6) is -0.551. The van der Waals surface area contributed by atoms with Gasteiger partial charge < -0.3 is 5.32 Å². The Morgan fingerprint density at radius 2 is 1.46 bits per heavy atom. The van der Waals surface area contributed by atoms with Crippen LogP contribution < -0.4 is 14.3 Å². The zero-order valence-corrected chi connectivity index (χ0v) is 21.9. The quantitative estimate of drug-likeness (QED) is 0.467. The first-order valence-electron chi connectivity index (χ1n) is 10.8. The third-order valence-electron chi connectivity index (χ3n) is 5.39. The van der Waals surface area contributed by atoms with E-state index in [4.69, 9.17) is 0 Å². The van der Waals surface area contributed by atoms with E-state index >= 15 is 0 Å². The molecule has 0 saturated heterocycles. The third-order valence-corrected chi connectivity index (χ3v) is 8.02. The van der Waals surface area contributed by atoms with Gasteiger partial charge in [0.15, 0.2) is 0 Å². The molecule has 1 amide bonds. The summed E-state index contributed by atoms with van der Waals surface area (Å²) in [5.41, 5.74) is 3.72. The van der Waals surface area contributed by atoms with Gasteiger partial charge >= 0.3 is 0 Å². The number of amides is 1. The molecular weight excluding hydrogens is 486 g/mol. The highest BCUT2D eigenvalue weighted by molar-refractivity contribution is 7.92. The number of anilines is 3. The molecular formula is C25H29N3O5S2. The Morgan fingerprint density at radius 1 is 0.829 bits per heavy atom. The lowest BCUT2D eigenvalue weighted by molar-refractivity contribution is -0.116. The molecule has 0 aliphatic heterocycles. The van der Waals surface area contributed by atoms with E-state index in [0.29, 0.717) is 17.1 Å². The van der Waals surface area contributed by atoms with Crippen molar-refractivity contribution in [1.29, 1.82) is 0 Å². The average molecular weight is 516 g/mol. The fourth-order valence-electron chi connectivity index (χ4n) is 3.62. The summed E-state index contributed by atoms with van der Waals surface area (Å²) < 4.78 is 54.2. The van der Waals surface area contributed by atoms with Gasteiger partial charge in [0.05, 0.1) is 16.8 Å². The molecule has 186 valence electrons. The molecule has 10 heteroatoms. The van der Waals surface area contributed by atoms with Crippen LogP contribution in [-0.2, 0) is 24.8 Å². The van der Waals surface area contributed by atoms with Crippen LogP contribution in [0.3, 0.4) is 0 Å². The predicted octanol–water partition coefficient (Wildman–Crippen LogP) is 4.21. The van der Waals surface area contributed by atoms with Crippen molar-refractivity contribution in [2.24, 2.45) is 0 Å². The summed E-state index contributed by atoms with van der Waals surface area (Å²) in [5, 5.41) is 2.67. The Kier molecular flexibility index (Phi) is 7.56. The topological polar surface area (TPSA) is 113 Å². The fourth-order valence-corrected chi connectivity index (χ4v) is 5.90. The second-order valence-corrected chi connectivity index (χ2v) is 12.1. The third kappa shape index (κ3) is 6.40. The second-order valence-electron chi connectivity index (χ2n) is 8.51. The molecule has 0 aromatic heterocycles. The smallest absolute Gasteiger partial charge is 0.261 e. The highest BCUT2D eigenvalue weighted by Crippen LogP contribution is 2.27. The molecule has 35 heavy (non-hydrogen) atoms. The molecule has 0 aliphatic rings. The Morgan fingerprint density at radius 3 is 2.06 bits per heavy atom. The Balaban J connectivity index is 1.79. The van der Waals surface area contributed by atoms with Crippen molar-refractivity contribution in [1.82, 2.24) is 0 Å². The summed E-state index contributed by atoms with van der Waals surface area (Å²) >= 11 is 0. The lowest BCUT2D eigenvalue weighted by Crippen LogP contribution is -2.45. The number of carbonyl (C=O) groups is 1. The van der Waals surface area contributed by atoms with Crippen molar-refractivity contribution in [2.45, 2.75) is 38.6 Å². The largest absolute Gasteiger partial charge is 0.324 e. The van der Waals surface area contributed by atoms with Crippen LogP contribution in [0.4, 0.5) is 17.1 Å². The first kappa shape index (κ1) is 26.2. The lowest BCUT2D eigenvalue weighted by atomic mass is 10.1. The molecule has 0 aliphatic carbocycles. The molecule has 3 aromatic carbocycles. The molecule has 0 unspecified atom stereocenters.